The third-order valence-corrected chi connectivity index (χ3v) is 2.16. The van der Waals surface area contributed by atoms with Gasteiger partial charge in [0, 0.05) is 13.5 Å². The molecule has 1 aromatic carbocycles. The van der Waals surface area contributed by atoms with E-state index in [1.165, 1.54) is 6.92 Å². The number of nitrogens with one attached hydrogen (secondary N) is 2. The van der Waals surface area contributed by atoms with Crippen LogP contribution >= 0.6 is 12.2 Å². The first kappa shape index (κ1) is 14.8. The molecule has 2 N–H and O–H groups in total. The van der Waals surface area contributed by atoms with E-state index in [9.17, 15) is 4.79 Å². The Morgan fingerprint density at radius 3 is 2.74 bits per heavy atom. The minimum atomic E-state index is -0.346. The number of hydrazone groups is 1. The quantitative estimate of drug-likeness (QED) is 0.214. The highest BCUT2D eigenvalue weighted by Gasteiger charge is 1.97. The van der Waals surface area contributed by atoms with E-state index in [0.29, 0.717) is 17.4 Å². The van der Waals surface area contributed by atoms with Crippen molar-refractivity contribution in [1.82, 2.24) is 10.7 Å². The molecule has 6 heteroatoms. The Morgan fingerprint density at radius 1 is 1.47 bits per heavy atom. The van der Waals surface area contributed by atoms with Crippen LogP contribution in [-0.2, 0) is 4.79 Å². The molecule has 0 aliphatic rings. The molecule has 0 bridgehead atoms. The third-order valence-electron chi connectivity index (χ3n) is 1.93. The molecule has 0 saturated heterocycles. The van der Waals surface area contributed by atoms with Crippen molar-refractivity contribution >= 4 is 29.5 Å². The number of esters is 1. The van der Waals surface area contributed by atoms with Crippen molar-refractivity contribution in [3.63, 3.8) is 0 Å². The highest BCUT2D eigenvalue weighted by molar-refractivity contribution is 7.80. The Hall–Kier alpha value is -2.21. The largest absolute Gasteiger partial charge is 0.427 e. The summed E-state index contributed by atoms with van der Waals surface area (Å²) in [6, 6.07) is 6.95. The van der Waals surface area contributed by atoms with E-state index in [-0.39, 0.29) is 5.97 Å². The number of rotatable bonds is 5. The zero-order valence-electron chi connectivity index (χ0n) is 10.6. The second-order valence-corrected chi connectivity index (χ2v) is 3.94. The van der Waals surface area contributed by atoms with Gasteiger partial charge in [-0.3, -0.25) is 10.2 Å². The molecule has 1 rings (SSSR count). The summed E-state index contributed by atoms with van der Waals surface area (Å²) in [5, 5.41) is 7.27. The fraction of sp³-hybridized carbons (Fsp3) is 0.154. The Kier molecular flexibility index (Phi) is 6.25. The monoisotopic (exact) mass is 277 g/mol. The van der Waals surface area contributed by atoms with Gasteiger partial charge in [-0.05, 0) is 42.0 Å². The van der Waals surface area contributed by atoms with E-state index in [1.54, 1.807) is 36.6 Å². The van der Waals surface area contributed by atoms with Crippen LogP contribution in [0.15, 0.2) is 42.0 Å². The highest BCUT2D eigenvalue weighted by Crippen LogP contribution is 2.10. The number of nitrogens with zero attached hydrogens (tertiary/aromatic N) is 1. The average Bonchev–Trinajstić information content (AvgIpc) is 2.38. The van der Waals surface area contributed by atoms with Crippen LogP contribution in [0.25, 0.3) is 0 Å². The predicted molar refractivity (Wildman–Crippen MR) is 79.3 cm³/mol. The van der Waals surface area contributed by atoms with Crippen LogP contribution in [0.2, 0.25) is 0 Å². The molecule has 0 aliphatic heterocycles. The maximum Gasteiger partial charge on any atom is 0.308 e. The van der Waals surface area contributed by atoms with Crippen LogP contribution in [0.5, 0.6) is 5.75 Å². The molecular formula is C13H15N3O2S. The average molecular weight is 277 g/mol. The van der Waals surface area contributed by atoms with E-state index in [2.05, 4.69) is 22.4 Å². The zero-order valence-corrected chi connectivity index (χ0v) is 11.4. The second kappa shape index (κ2) is 7.99. The molecule has 0 amide bonds. The van der Waals surface area contributed by atoms with Gasteiger partial charge in [-0.15, -0.1) is 6.58 Å². The zero-order chi connectivity index (χ0) is 14.1. The van der Waals surface area contributed by atoms with Gasteiger partial charge in [0.15, 0.2) is 5.11 Å². The molecule has 0 radical (unpaired) electrons. The molecule has 19 heavy (non-hydrogen) atoms. The summed E-state index contributed by atoms with van der Waals surface area (Å²) in [6.07, 6.45) is 3.31. The molecule has 0 spiro atoms. The van der Waals surface area contributed by atoms with E-state index in [0.717, 1.165) is 5.56 Å². The topological polar surface area (TPSA) is 62.7 Å². The van der Waals surface area contributed by atoms with Crippen LogP contribution in [0, 0.1) is 0 Å². The summed E-state index contributed by atoms with van der Waals surface area (Å²) < 4.78 is 4.92. The van der Waals surface area contributed by atoms with Gasteiger partial charge in [-0.25, -0.2) is 0 Å². The number of carbonyl (C=O) groups is 1. The van der Waals surface area contributed by atoms with Crippen LogP contribution < -0.4 is 15.5 Å². The van der Waals surface area contributed by atoms with Crippen LogP contribution in [0.1, 0.15) is 12.5 Å². The summed E-state index contributed by atoms with van der Waals surface area (Å²) in [5.41, 5.74) is 3.53. The smallest absolute Gasteiger partial charge is 0.308 e. The standard InChI is InChI=1S/C13H15N3O2S/c1-3-8-14-13(19)16-15-9-11-4-6-12(7-5-11)18-10(2)17/h3-7,9H,1,8H2,2H3,(H2,14,16,19)/b15-9+. The van der Waals surface area contributed by atoms with Crippen molar-refractivity contribution in [1.29, 1.82) is 0 Å². The van der Waals surface area contributed by atoms with Crippen molar-refractivity contribution in [3.8, 4) is 5.75 Å². The third kappa shape index (κ3) is 6.32. The van der Waals surface area contributed by atoms with Crippen molar-refractivity contribution in [2.24, 2.45) is 5.10 Å². The van der Waals surface area contributed by atoms with E-state index >= 15 is 0 Å². The lowest BCUT2D eigenvalue weighted by Crippen LogP contribution is -2.31. The van der Waals surface area contributed by atoms with Gasteiger partial charge in [0.1, 0.15) is 5.75 Å². The summed E-state index contributed by atoms with van der Waals surface area (Å²) in [4.78, 5) is 10.7. The first-order chi connectivity index (χ1) is 9.11. The normalized spacial score (nSPS) is 9.95. The molecule has 100 valence electrons. The van der Waals surface area contributed by atoms with Gasteiger partial charge < -0.3 is 10.1 Å². The Bertz CT molecular complexity index is 483. The first-order valence-corrected chi connectivity index (χ1v) is 5.99. The molecule has 0 heterocycles. The van der Waals surface area contributed by atoms with Crippen molar-refractivity contribution in [2.75, 3.05) is 6.54 Å². The van der Waals surface area contributed by atoms with Gasteiger partial charge in [0.25, 0.3) is 0 Å². The van der Waals surface area contributed by atoms with Crippen molar-refractivity contribution in [3.05, 3.63) is 42.5 Å². The fourth-order valence-corrected chi connectivity index (χ4v) is 1.29. The maximum atomic E-state index is 10.7. The maximum absolute atomic E-state index is 10.7. The molecule has 5 nitrogen and oxygen atoms in total. The Labute approximate surface area is 117 Å². The first-order valence-electron chi connectivity index (χ1n) is 5.58. The summed E-state index contributed by atoms with van der Waals surface area (Å²) in [5.74, 6) is 0.155. The van der Waals surface area contributed by atoms with Crippen molar-refractivity contribution < 1.29 is 9.53 Å². The lowest BCUT2D eigenvalue weighted by Gasteiger charge is -2.03. The van der Waals surface area contributed by atoms with Crippen LogP contribution in [0.3, 0.4) is 0 Å². The lowest BCUT2D eigenvalue weighted by molar-refractivity contribution is -0.131. The summed E-state index contributed by atoms with van der Waals surface area (Å²) in [6.45, 7) is 5.50. The van der Waals surface area contributed by atoms with E-state index < -0.39 is 0 Å². The SMILES string of the molecule is C=CCNC(=S)N/N=C/c1ccc(OC(C)=O)cc1. The van der Waals surface area contributed by atoms with E-state index in [4.69, 9.17) is 17.0 Å². The Balaban J connectivity index is 2.46. The molecule has 0 unspecified atom stereocenters. The number of carbonyl (C=O) groups excluding carboxylic acids is 1. The van der Waals surface area contributed by atoms with Gasteiger partial charge in [-0.1, -0.05) is 6.08 Å². The van der Waals surface area contributed by atoms with Gasteiger partial charge in [0.2, 0.25) is 0 Å². The number of hydrogen-bond donors (Lipinski definition) is 2. The van der Waals surface area contributed by atoms with Crippen molar-refractivity contribution in [2.45, 2.75) is 6.92 Å². The predicted octanol–water partition coefficient (Wildman–Crippen LogP) is 1.60. The molecule has 0 aliphatic carbocycles. The molecule has 0 fully saturated rings. The summed E-state index contributed by atoms with van der Waals surface area (Å²) in [7, 11) is 0. The molecule has 0 saturated carbocycles. The van der Waals surface area contributed by atoms with Gasteiger partial charge >= 0.3 is 5.97 Å². The minimum Gasteiger partial charge on any atom is -0.427 e. The number of thiocarbonyl (C=S) groups is 1. The van der Waals surface area contributed by atoms with E-state index in [1.807, 2.05) is 0 Å². The minimum absolute atomic E-state index is 0.346. The fourth-order valence-electron chi connectivity index (χ4n) is 1.16. The molecule has 0 aromatic heterocycles. The number of ether oxygens (including phenoxy) is 1. The molecule has 1 aromatic rings. The number of hydrogen-bond acceptors (Lipinski definition) is 4. The highest BCUT2D eigenvalue weighted by atomic mass is 32.1. The summed E-state index contributed by atoms with van der Waals surface area (Å²) >= 11 is 4.96. The lowest BCUT2D eigenvalue weighted by atomic mass is 10.2. The number of benzene rings is 1. The van der Waals surface area contributed by atoms with Gasteiger partial charge in [-0.2, -0.15) is 5.10 Å². The molecular weight excluding hydrogens is 262 g/mol. The Morgan fingerprint density at radius 2 is 2.16 bits per heavy atom. The molecule has 0 atom stereocenters. The second-order valence-electron chi connectivity index (χ2n) is 3.53. The van der Waals surface area contributed by atoms with Crippen LogP contribution in [-0.4, -0.2) is 23.8 Å². The van der Waals surface area contributed by atoms with Crippen LogP contribution in [0.4, 0.5) is 0 Å². The van der Waals surface area contributed by atoms with Gasteiger partial charge in [0.05, 0.1) is 6.21 Å².